The van der Waals surface area contributed by atoms with Gasteiger partial charge >= 0.3 is 5.97 Å². The minimum atomic E-state index is -1.02. The minimum absolute atomic E-state index is 0.0879. The third-order valence-electron chi connectivity index (χ3n) is 5.80. The van der Waals surface area contributed by atoms with Crippen molar-refractivity contribution in [3.8, 4) is 0 Å². The van der Waals surface area contributed by atoms with Crippen LogP contribution in [0.25, 0.3) is 0 Å². The van der Waals surface area contributed by atoms with E-state index in [-0.39, 0.29) is 17.5 Å². The summed E-state index contributed by atoms with van der Waals surface area (Å²) in [7, 11) is 0. The number of benzene rings is 1. The Labute approximate surface area is 172 Å². The van der Waals surface area contributed by atoms with Crippen molar-refractivity contribution >= 4 is 11.9 Å². The number of carboxylic acids is 1. The Bertz CT molecular complexity index is 866. The number of aromatic nitrogens is 1. The Morgan fingerprint density at radius 1 is 1.21 bits per heavy atom. The van der Waals surface area contributed by atoms with Gasteiger partial charge in [0, 0.05) is 49.7 Å². The highest BCUT2D eigenvalue weighted by molar-refractivity contribution is 5.97. The second-order valence-corrected chi connectivity index (χ2v) is 7.88. The summed E-state index contributed by atoms with van der Waals surface area (Å²) in [6, 6.07) is 10.5. The molecular weight excluding hydrogens is 366 g/mol. The van der Waals surface area contributed by atoms with Crippen LogP contribution >= 0.6 is 0 Å². The van der Waals surface area contributed by atoms with Crippen molar-refractivity contribution in [2.75, 3.05) is 19.6 Å². The van der Waals surface area contributed by atoms with Crippen LogP contribution in [0.3, 0.4) is 0 Å². The van der Waals surface area contributed by atoms with E-state index in [1.54, 1.807) is 12.1 Å². The molecule has 2 aromatic rings. The summed E-state index contributed by atoms with van der Waals surface area (Å²) in [4.78, 5) is 33.2. The van der Waals surface area contributed by atoms with E-state index in [0.717, 1.165) is 31.7 Å². The lowest BCUT2D eigenvalue weighted by Gasteiger charge is -2.44. The van der Waals surface area contributed by atoms with Gasteiger partial charge in [-0.1, -0.05) is 32.4 Å². The third-order valence-corrected chi connectivity index (χ3v) is 5.80. The highest BCUT2D eigenvalue weighted by atomic mass is 16.4. The standard InChI is InChI=1S/C23H29N3O3/c1-4-16(2)21-15-25(14-18-9-8-17(3)24-13-18)10-11-26(21)22(27)19-6-5-7-20(12-19)23(28)29/h5-9,12-13,16,21H,4,10-11,14-15H2,1-3H3,(H,28,29). The predicted octanol–water partition coefficient (Wildman–Crippen LogP) is 3.46. The molecule has 6 nitrogen and oxygen atoms in total. The van der Waals surface area contributed by atoms with E-state index in [9.17, 15) is 14.7 Å². The van der Waals surface area contributed by atoms with Crippen molar-refractivity contribution in [2.24, 2.45) is 5.92 Å². The van der Waals surface area contributed by atoms with Gasteiger partial charge in [0.05, 0.1) is 5.56 Å². The maximum atomic E-state index is 13.2. The molecule has 154 valence electrons. The number of piperazine rings is 1. The molecule has 2 unspecified atom stereocenters. The van der Waals surface area contributed by atoms with E-state index in [1.165, 1.54) is 17.7 Å². The van der Waals surface area contributed by atoms with Crippen molar-refractivity contribution < 1.29 is 14.7 Å². The summed E-state index contributed by atoms with van der Waals surface area (Å²) in [5.74, 6) is -0.759. The zero-order valence-electron chi connectivity index (χ0n) is 17.3. The number of pyridine rings is 1. The van der Waals surface area contributed by atoms with E-state index in [1.807, 2.05) is 24.1 Å². The van der Waals surface area contributed by atoms with Gasteiger partial charge in [-0.2, -0.15) is 0 Å². The molecule has 0 bridgehead atoms. The Morgan fingerprint density at radius 3 is 2.62 bits per heavy atom. The summed E-state index contributed by atoms with van der Waals surface area (Å²) >= 11 is 0. The molecular formula is C23H29N3O3. The molecule has 0 radical (unpaired) electrons. The maximum absolute atomic E-state index is 13.2. The highest BCUT2D eigenvalue weighted by Gasteiger charge is 2.34. The van der Waals surface area contributed by atoms with Gasteiger partial charge < -0.3 is 10.0 Å². The fourth-order valence-corrected chi connectivity index (χ4v) is 3.83. The Morgan fingerprint density at radius 2 is 1.97 bits per heavy atom. The molecule has 1 aromatic heterocycles. The van der Waals surface area contributed by atoms with Crippen LogP contribution in [0.5, 0.6) is 0 Å². The average molecular weight is 396 g/mol. The molecule has 0 aliphatic carbocycles. The number of aryl methyl sites for hydroxylation is 1. The molecule has 1 saturated heterocycles. The van der Waals surface area contributed by atoms with Crippen LogP contribution in [0.1, 0.15) is 52.2 Å². The summed E-state index contributed by atoms with van der Waals surface area (Å²) < 4.78 is 0. The molecule has 6 heteroatoms. The number of rotatable bonds is 6. The number of hydrogen-bond donors (Lipinski definition) is 1. The van der Waals surface area contributed by atoms with E-state index < -0.39 is 5.97 Å². The van der Waals surface area contributed by atoms with E-state index in [0.29, 0.717) is 18.0 Å². The molecule has 29 heavy (non-hydrogen) atoms. The summed E-state index contributed by atoms with van der Waals surface area (Å²) in [6.07, 6.45) is 2.89. The fourth-order valence-electron chi connectivity index (χ4n) is 3.83. The topological polar surface area (TPSA) is 73.7 Å². The molecule has 1 amide bonds. The zero-order chi connectivity index (χ0) is 21.0. The van der Waals surface area contributed by atoms with Crippen LogP contribution in [0.2, 0.25) is 0 Å². The monoisotopic (exact) mass is 395 g/mol. The Kier molecular flexibility index (Phi) is 6.64. The van der Waals surface area contributed by atoms with Crippen LogP contribution < -0.4 is 0 Å². The van der Waals surface area contributed by atoms with Gasteiger partial charge in [0.2, 0.25) is 0 Å². The molecule has 1 aliphatic heterocycles. The first-order chi connectivity index (χ1) is 13.9. The van der Waals surface area contributed by atoms with Gasteiger partial charge in [-0.25, -0.2) is 4.79 Å². The molecule has 1 fully saturated rings. The first kappa shape index (κ1) is 21.0. The number of hydrogen-bond acceptors (Lipinski definition) is 4. The molecule has 3 rings (SSSR count). The molecule has 2 atom stereocenters. The van der Waals surface area contributed by atoms with E-state index in [2.05, 4.69) is 29.8 Å². The second kappa shape index (κ2) is 9.18. The van der Waals surface area contributed by atoms with Crippen LogP contribution in [-0.2, 0) is 6.54 Å². The first-order valence-electron chi connectivity index (χ1n) is 10.2. The van der Waals surface area contributed by atoms with Crippen molar-refractivity contribution in [3.05, 3.63) is 65.0 Å². The van der Waals surface area contributed by atoms with Gasteiger partial charge in [0.1, 0.15) is 0 Å². The highest BCUT2D eigenvalue weighted by Crippen LogP contribution is 2.23. The minimum Gasteiger partial charge on any atom is -0.478 e. The molecule has 1 N–H and O–H groups in total. The van der Waals surface area contributed by atoms with Crippen LogP contribution in [0.15, 0.2) is 42.6 Å². The largest absolute Gasteiger partial charge is 0.478 e. The SMILES string of the molecule is CCC(C)C1CN(Cc2ccc(C)nc2)CCN1C(=O)c1cccc(C(=O)O)c1. The van der Waals surface area contributed by atoms with Crippen molar-refractivity contribution in [1.29, 1.82) is 0 Å². The van der Waals surface area contributed by atoms with Gasteiger partial charge in [0.25, 0.3) is 5.91 Å². The summed E-state index contributed by atoms with van der Waals surface area (Å²) in [6.45, 7) is 9.32. The van der Waals surface area contributed by atoms with Gasteiger partial charge in [-0.05, 0) is 42.7 Å². The lowest BCUT2D eigenvalue weighted by atomic mass is 9.94. The molecule has 0 saturated carbocycles. The van der Waals surface area contributed by atoms with Gasteiger partial charge in [0.15, 0.2) is 0 Å². The number of carbonyl (C=O) groups excluding carboxylic acids is 1. The van der Waals surface area contributed by atoms with Gasteiger partial charge in [-0.3, -0.25) is 14.7 Å². The van der Waals surface area contributed by atoms with Crippen LogP contribution in [-0.4, -0.2) is 57.4 Å². The lowest BCUT2D eigenvalue weighted by molar-refractivity contribution is 0.0302. The summed E-state index contributed by atoms with van der Waals surface area (Å²) in [5.41, 5.74) is 2.76. The lowest BCUT2D eigenvalue weighted by Crippen LogP contribution is -2.57. The Hall–Kier alpha value is -2.73. The number of amides is 1. The van der Waals surface area contributed by atoms with Crippen molar-refractivity contribution in [3.63, 3.8) is 0 Å². The molecule has 0 spiro atoms. The normalized spacial score (nSPS) is 18.4. The molecule has 1 aliphatic rings. The second-order valence-electron chi connectivity index (χ2n) is 7.88. The number of nitrogens with zero attached hydrogens (tertiary/aromatic N) is 3. The number of carboxylic acid groups (broad SMARTS) is 1. The first-order valence-corrected chi connectivity index (χ1v) is 10.2. The fraction of sp³-hybridized carbons (Fsp3) is 0.435. The quantitative estimate of drug-likeness (QED) is 0.811. The number of aromatic carboxylic acids is 1. The maximum Gasteiger partial charge on any atom is 0.335 e. The smallest absolute Gasteiger partial charge is 0.335 e. The van der Waals surface area contributed by atoms with Crippen LogP contribution in [0.4, 0.5) is 0 Å². The van der Waals surface area contributed by atoms with Gasteiger partial charge in [-0.15, -0.1) is 0 Å². The predicted molar refractivity (Wildman–Crippen MR) is 112 cm³/mol. The molecule has 2 heterocycles. The van der Waals surface area contributed by atoms with Crippen molar-refractivity contribution in [1.82, 2.24) is 14.8 Å². The van der Waals surface area contributed by atoms with E-state index in [4.69, 9.17) is 0 Å². The number of carbonyl (C=O) groups is 2. The van der Waals surface area contributed by atoms with Crippen molar-refractivity contribution in [2.45, 2.75) is 39.8 Å². The third kappa shape index (κ3) is 5.01. The molecule has 1 aromatic carbocycles. The summed E-state index contributed by atoms with van der Waals surface area (Å²) in [5, 5.41) is 9.23. The average Bonchev–Trinajstić information content (AvgIpc) is 2.74. The van der Waals surface area contributed by atoms with Crippen LogP contribution in [0, 0.1) is 12.8 Å². The Balaban J connectivity index is 1.77. The zero-order valence-corrected chi connectivity index (χ0v) is 17.3. The van der Waals surface area contributed by atoms with E-state index >= 15 is 0 Å².